The van der Waals surface area contributed by atoms with E-state index in [2.05, 4.69) is 67.5 Å². The van der Waals surface area contributed by atoms with Crippen LogP contribution >= 0.6 is 0 Å². The van der Waals surface area contributed by atoms with Crippen molar-refractivity contribution in [2.75, 3.05) is 14.1 Å². The zero-order valence-electron chi connectivity index (χ0n) is 12.9. The second-order valence-electron chi connectivity index (χ2n) is 6.81. The Hall–Kier alpha value is -1.60. The SMILES string of the molecule is CN(C)C1Cc2ccccc2[C@H]2c3ccccc3CC[C@@H]12. The van der Waals surface area contributed by atoms with E-state index in [0.29, 0.717) is 12.0 Å². The Morgan fingerprint density at radius 1 is 0.857 bits per heavy atom. The summed E-state index contributed by atoms with van der Waals surface area (Å²) in [6.45, 7) is 0. The summed E-state index contributed by atoms with van der Waals surface area (Å²) in [5.41, 5.74) is 6.27. The number of nitrogens with zero attached hydrogens (tertiary/aromatic N) is 1. The molecule has 0 aromatic heterocycles. The molecule has 0 fully saturated rings. The first kappa shape index (κ1) is 13.1. The number of benzene rings is 2. The quantitative estimate of drug-likeness (QED) is 0.765. The monoisotopic (exact) mass is 277 g/mol. The van der Waals surface area contributed by atoms with Gasteiger partial charge in [0, 0.05) is 12.0 Å². The van der Waals surface area contributed by atoms with Gasteiger partial charge in [-0.15, -0.1) is 0 Å². The molecule has 21 heavy (non-hydrogen) atoms. The van der Waals surface area contributed by atoms with Crippen LogP contribution in [0.4, 0.5) is 0 Å². The van der Waals surface area contributed by atoms with E-state index in [1.165, 1.54) is 19.3 Å². The molecule has 2 aromatic carbocycles. The Morgan fingerprint density at radius 2 is 1.48 bits per heavy atom. The Balaban J connectivity index is 1.90. The fourth-order valence-electron chi connectivity index (χ4n) is 4.56. The predicted molar refractivity (Wildman–Crippen MR) is 87.7 cm³/mol. The van der Waals surface area contributed by atoms with Crippen LogP contribution in [0.25, 0.3) is 0 Å². The molecule has 0 amide bonds. The number of likely N-dealkylation sites (N-methyl/N-ethyl adjacent to an activating group) is 1. The van der Waals surface area contributed by atoms with Gasteiger partial charge in [-0.1, -0.05) is 48.5 Å². The minimum absolute atomic E-state index is 0.590. The summed E-state index contributed by atoms with van der Waals surface area (Å²) in [7, 11) is 4.49. The topological polar surface area (TPSA) is 3.24 Å². The van der Waals surface area contributed by atoms with Crippen molar-refractivity contribution in [2.45, 2.75) is 31.2 Å². The molecular formula is C20H23N. The normalized spacial score (nSPS) is 26.9. The molecule has 0 spiro atoms. The van der Waals surface area contributed by atoms with Gasteiger partial charge in [-0.25, -0.2) is 0 Å². The molecule has 0 radical (unpaired) electrons. The highest BCUT2D eigenvalue weighted by Crippen LogP contribution is 2.47. The summed E-state index contributed by atoms with van der Waals surface area (Å²) in [4.78, 5) is 2.45. The van der Waals surface area contributed by atoms with Crippen molar-refractivity contribution in [1.29, 1.82) is 0 Å². The average molecular weight is 277 g/mol. The Labute approximate surface area is 127 Å². The van der Waals surface area contributed by atoms with Crippen LogP contribution in [-0.4, -0.2) is 25.0 Å². The van der Waals surface area contributed by atoms with Gasteiger partial charge in [-0.2, -0.15) is 0 Å². The molecule has 2 aliphatic rings. The lowest BCUT2D eigenvalue weighted by atomic mass is 9.63. The Kier molecular flexibility index (Phi) is 3.11. The lowest BCUT2D eigenvalue weighted by Gasteiger charge is -2.46. The van der Waals surface area contributed by atoms with Crippen molar-refractivity contribution >= 4 is 0 Å². The molecule has 2 aromatic rings. The second-order valence-corrected chi connectivity index (χ2v) is 6.81. The van der Waals surface area contributed by atoms with E-state index in [1.54, 1.807) is 22.3 Å². The van der Waals surface area contributed by atoms with Gasteiger partial charge in [0.1, 0.15) is 0 Å². The summed E-state index contributed by atoms with van der Waals surface area (Å²) in [5, 5.41) is 0. The summed E-state index contributed by atoms with van der Waals surface area (Å²) in [6, 6.07) is 18.9. The first-order valence-electron chi connectivity index (χ1n) is 8.07. The van der Waals surface area contributed by atoms with Crippen molar-refractivity contribution < 1.29 is 0 Å². The van der Waals surface area contributed by atoms with Crippen LogP contribution in [0.2, 0.25) is 0 Å². The van der Waals surface area contributed by atoms with Crippen molar-refractivity contribution in [3.63, 3.8) is 0 Å². The molecule has 0 saturated heterocycles. The average Bonchev–Trinajstić information content (AvgIpc) is 2.53. The molecule has 2 aliphatic carbocycles. The van der Waals surface area contributed by atoms with Gasteiger partial charge in [-0.3, -0.25) is 0 Å². The smallest absolute Gasteiger partial charge is 0.0167 e. The van der Waals surface area contributed by atoms with Crippen molar-refractivity contribution in [1.82, 2.24) is 4.90 Å². The number of aryl methyl sites for hydroxylation is 1. The van der Waals surface area contributed by atoms with Gasteiger partial charge in [0.2, 0.25) is 0 Å². The van der Waals surface area contributed by atoms with Crippen LogP contribution in [-0.2, 0) is 12.8 Å². The van der Waals surface area contributed by atoms with Gasteiger partial charge in [0.15, 0.2) is 0 Å². The molecule has 3 atom stereocenters. The highest BCUT2D eigenvalue weighted by atomic mass is 15.1. The molecule has 4 rings (SSSR count). The van der Waals surface area contributed by atoms with E-state index in [-0.39, 0.29) is 0 Å². The van der Waals surface area contributed by atoms with Crippen molar-refractivity contribution in [3.8, 4) is 0 Å². The molecule has 0 heterocycles. The highest BCUT2D eigenvalue weighted by molar-refractivity contribution is 5.46. The summed E-state index contributed by atoms with van der Waals surface area (Å²) in [6.07, 6.45) is 3.76. The van der Waals surface area contributed by atoms with Gasteiger partial charge in [-0.05, 0) is 61.5 Å². The largest absolute Gasteiger partial charge is 0.306 e. The van der Waals surface area contributed by atoms with Crippen molar-refractivity contribution in [3.05, 3.63) is 70.8 Å². The zero-order valence-corrected chi connectivity index (χ0v) is 12.9. The van der Waals surface area contributed by atoms with Crippen LogP contribution in [0.3, 0.4) is 0 Å². The number of rotatable bonds is 1. The van der Waals surface area contributed by atoms with Gasteiger partial charge >= 0.3 is 0 Å². The highest BCUT2D eigenvalue weighted by Gasteiger charge is 2.40. The molecule has 1 heteroatoms. The minimum Gasteiger partial charge on any atom is -0.306 e. The van der Waals surface area contributed by atoms with E-state index in [1.807, 2.05) is 0 Å². The number of hydrogen-bond acceptors (Lipinski definition) is 1. The molecule has 1 nitrogen and oxygen atoms in total. The summed E-state index contributed by atoms with van der Waals surface area (Å²) < 4.78 is 0. The third-order valence-electron chi connectivity index (χ3n) is 5.54. The molecule has 0 aliphatic heterocycles. The lowest BCUT2D eigenvalue weighted by molar-refractivity contribution is 0.166. The Morgan fingerprint density at radius 3 is 2.19 bits per heavy atom. The number of hydrogen-bond donors (Lipinski definition) is 0. The van der Waals surface area contributed by atoms with Gasteiger partial charge < -0.3 is 4.90 Å². The Bertz CT molecular complexity index is 658. The van der Waals surface area contributed by atoms with E-state index >= 15 is 0 Å². The van der Waals surface area contributed by atoms with Crippen LogP contribution in [0, 0.1) is 5.92 Å². The lowest BCUT2D eigenvalue weighted by Crippen LogP contribution is -2.45. The van der Waals surface area contributed by atoms with E-state index in [9.17, 15) is 0 Å². The molecule has 0 bridgehead atoms. The van der Waals surface area contributed by atoms with Gasteiger partial charge in [0.05, 0.1) is 0 Å². The molecular weight excluding hydrogens is 254 g/mol. The second kappa shape index (κ2) is 4.99. The number of fused-ring (bicyclic) bond motifs is 5. The first-order valence-corrected chi connectivity index (χ1v) is 8.07. The molecule has 0 saturated carbocycles. The van der Waals surface area contributed by atoms with Gasteiger partial charge in [0.25, 0.3) is 0 Å². The zero-order chi connectivity index (χ0) is 14.4. The summed E-state index contributed by atoms with van der Waals surface area (Å²) >= 11 is 0. The van der Waals surface area contributed by atoms with E-state index in [4.69, 9.17) is 0 Å². The first-order chi connectivity index (χ1) is 10.3. The van der Waals surface area contributed by atoms with E-state index < -0.39 is 0 Å². The standard InChI is InChI=1S/C20H23N/c1-21(2)19-13-15-8-4-6-10-17(15)20-16-9-5-3-7-14(16)11-12-18(19)20/h3-10,18-20H,11-13H2,1-2H3/t18-,19?,20+/m0/s1. The van der Waals surface area contributed by atoms with Crippen molar-refractivity contribution in [2.24, 2.45) is 5.92 Å². The maximum atomic E-state index is 2.45. The van der Waals surface area contributed by atoms with Crippen LogP contribution in [0.1, 0.15) is 34.6 Å². The van der Waals surface area contributed by atoms with Crippen LogP contribution in [0.15, 0.2) is 48.5 Å². The third kappa shape index (κ3) is 2.03. The molecule has 0 N–H and O–H groups in total. The van der Waals surface area contributed by atoms with Crippen LogP contribution in [0.5, 0.6) is 0 Å². The molecule has 108 valence electrons. The summed E-state index contributed by atoms with van der Waals surface area (Å²) in [5.74, 6) is 1.34. The predicted octanol–water partition coefficient (Wildman–Crippen LogP) is 3.87. The van der Waals surface area contributed by atoms with E-state index in [0.717, 1.165) is 5.92 Å². The maximum Gasteiger partial charge on any atom is 0.0167 e. The maximum absolute atomic E-state index is 2.45. The van der Waals surface area contributed by atoms with Crippen LogP contribution < -0.4 is 0 Å². The fraction of sp³-hybridized carbons (Fsp3) is 0.400. The third-order valence-corrected chi connectivity index (χ3v) is 5.54. The molecule has 1 unspecified atom stereocenters. The minimum atomic E-state index is 0.590. The fourth-order valence-corrected chi connectivity index (χ4v) is 4.56.